The van der Waals surface area contributed by atoms with Gasteiger partial charge >= 0.3 is 0 Å². The van der Waals surface area contributed by atoms with Crippen LogP contribution >= 0.6 is 0 Å². The summed E-state index contributed by atoms with van der Waals surface area (Å²) >= 11 is 0. The van der Waals surface area contributed by atoms with Crippen LogP contribution in [0, 0.1) is 12.8 Å². The molecule has 1 aliphatic heterocycles. The van der Waals surface area contributed by atoms with Crippen molar-refractivity contribution >= 4 is 5.91 Å². The highest BCUT2D eigenvalue weighted by Crippen LogP contribution is 2.22. The van der Waals surface area contributed by atoms with Gasteiger partial charge in [0.05, 0.1) is 11.3 Å². The highest BCUT2D eigenvalue weighted by Gasteiger charge is 2.26. The Balaban J connectivity index is 2.19. The molecule has 1 saturated heterocycles. The normalized spacial score (nSPS) is 19.1. The summed E-state index contributed by atoms with van der Waals surface area (Å²) in [5.74, 6) is 1.58. The van der Waals surface area contributed by atoms with Crippen LogP contribution in [0.2, 0.25) is 0 Å². The number of nitrogens with one attached hydrogen (secondary N) is 1. The number of hydrogen-bond donors (Lipinski definition) is 1. The van der Waals surface area contributed by atoms with Crippen molar-refractivity contribution in [2.24, 2.45) is 5.92 Å². The molecule has 1 unspecified atom stereocenters. The summed E-state index contributed by atoms with van der Waals surface area (Å²) in [5, 5.41) is 3.21. The number of likely N-dealkylation sites (tertiary alicyclic amines) is 1. The molecule has 0 saturated carbocycles. The van der Waals surface area contributed by atoms with Crippen LogP contribution in [0.5, 0.6) is 0 Å². The van der Waals surface area contributed by atoms with Crippen molar-refractivity contribution in [3.63, 3.8) is 0 Å². The van der Waals surface area contributed by atoms with E-state index in [4.69, 9.17) is 0 Å². The van der Waals surface area contributed by atoms with Crippen LogP contribution in [-0.2, 0) is 0 Å². The minimum absolute atomic E-state index is 0.0829. The first kappa shape index (κ1) is 15.9. The number of piperidine rings is 1. The van der Waals surface area contributed by atoms with Crippen molar-refractivity contribution in [3.8, 4) is 0 Å². The maximum Gasteiger partial charge on any atom is 0.257 e. The summed E-state index contributed by atoms with van der Waals surface area (Å²) in [4.78, 5) is 23.5. The fourth-order valence-electron chi connectivity index (χ4n) is 2.97. The van der Waals surface area contributed by atoms with E-state index in [9.17, 15) is 4.79 Å². The minimum Gasteiger partial charge on any atom is -0.338 e. The molecule has 0 spiro atoms. The molecule has 5 nitrogen and oxygen atoms in total. The molecular formula is C16H26N4O. The maximum absolute atomic E-state index is 12.8. The summed E-state index contributed by atoms with van der Waals surface area (Å²) < 4.78 is 0. The van der Waals surface area contributed by atoms with Crippen molar-refractivity contribution in [3.05, 3.63) is 23.3 Å². The fraction of sp³-hybridized carbons (Fsp3) is 0.688. The van der Waals surface area contributed by atoms with Gasteiger partial charge in [0.15, 0.2) is 0 Å². The van der Waals surface area contributed by atoms with Gasteiger partial charge < -0.3 is 10.2 Å². The number of rotatable bonds is 4. The molecule has 1 fully saturated rings. The third-order valence-electron chi connectivity index (χ3n) is 4.01. The van der Waals surface area contributed by atoms with Gasteiger partial charge in [-0.25, -0.2) is 9.97 Å². The quantitative estimate of drug-likeness (QED) is 0.921. The summed E-state index contributed by atoms with van der Waals surface area (Å²) in [7, 11) is 1.96. The molecule has 0 radical (unpaired) electrons. The van der Waals surface area contributed by atoms with E-state index in [1.54, 1.807) is 6.20 Å². The van der Waals surface area contributed by atoms with Gasteiger partial charge in [0.1, 0.15) is 5.82 Å². The number of nitrogens with zero attached hydrogens (tertiary/aromatic N) is 3. The van der Waals surface area contributed by atoms with E-state index in [1.165, 1.54) is 6.42 Å². The minimum atomic E-state index is 0.0829. The zero-order valence-corrected chi connectivity index (χ0v) is 13.5. The Hall–Kier alpha value is -1.49. The summed E-state index contributed by atoms with van der Waals surface area (Å²) in [6, 6.07) is 0. The standard InChI is InChI=1S/C16H26N4O/c1-11(2)15-14(9-18-12(3)19-15)16(21)20-7-5-6-13(10-20)8-17-4/h9,11,13,17H,5-8,10H2,1-4H3. The van der Waals surface area contributed by atoms with Crippen molar-refractivity contribution in [1.82, 2.24) is 20.2 Å². The zero-order chi connectivity index (χ0) is 15.4. The topological polar surface area (TPSA) is 58.1 Å². The molecule has 0 aliphatic carbocycles. The largest absolute Gasteiger partial charge is 0.338 e. The smallest absolute Gasteiger partial charge is 0.257 e. The second-order valence-corrected chi connectivity index (χ2v) is 6.19. The molecule has 116 valence electrons. The van der Waals surface area contributed by atoms with E-state index in [0.717, 1.165) is 37.6 Å². The first-order valence-electron chi connectivity index (χ1n) is 7.80. The molecule has 1 aliphatic rings. The van der Waals surface area contributed by atoms with Gasteiger partial charge in [-0.2, -0.15) is 0 Å². The van der Waals surface area contributed by atoms with E-state index < -0.39 is 0 Å². The molecule has 2 rings (SSSR count). The first-order chi connectivity index (χ1) is 10.0. The van der Waals surface area contributed by atoms with E-state index in [1.807, 2.05) is 18.9 Å². The van der Waals surface area contributed by atoms with Crippen LogP contribution in [0.15, 0.2) is 6.20 Å². The number of carbonyl (C=O) groups is 1. The molecule has 1 aromatic rings. The Kier molecular flexibility index (Phi) is 5.28. The monoisotopic (exact) mass is 290 g/mol. The lowest BCUT2D eigenvalue weighted by molar-refractivity contribution is 0.0671. The van der Waals surface area contributed by atoms with Crippen molar-refractivity contribution in [2.45, 2.75) is 39.5 Å². The van der Waals surface area contributed by atoms with E-state index >= 15 is 0 Å². The highest BCUT2D eigenvalue weighted by molar-refractivity contribution is 5.95. The zero-order valence-electron chi connectivity index (χ0n) is 13.5. The number of amides is 1. The van der Waals surface area contributed by atoms with Crippen LogP contribution in [0.1, 0.15) is 54.5 Å². The Morgan fingerprint density at radius 1 is 1.52 bits per heavy atom. The molecule has 0 bridgehead atoms. The van der Waals surface area contributed by atoms with Gasteiger partial charge in [-0.15, -0.1) is 0 Å². The van der Waals surface area contributed by atoms with E-state index in [-0.39, 0.29) is 11.8 Å². The highest BCUT2D eigenvalue weighted by atomic mass is 16.2. The fourth-order valence-corrected chi connectivity index (χ4v) is 2.97. The molecule has 1 aromatic heterocycles. The Morgan fingerprint density at radius 2 is 2.29 bits per heavy atom. The van der Waals surface area contributed by atoms with Gasteiger partial charge in [-0.1, -0.05) is 13.8 Å². The third kappa shape index (κ3) is 3.79. The number of carbonyl (C=O) groups excluding carboxylic acids is 1. The predicted octanol–water partition coefficient (Wildman–Crippen LogP) is 1.98. The molecule has 5 heteroatoms. The van der Waals surface area contributed by atoms with Crippen LogP contribution in [0.3, 0.4) is 0 Å². The van der Waals surface area contributed by atoms with Gasteiger partial charge in [0.25, 0.3) is 5.91 Å². The van der Waals surface area contributed by atoms with E-state index in [2.05, 4.69) is 29.1 Å². The molecule has 2 heterocycles. The van der Waals surface area contributed by atoms with E-state index in [0.29, 0.717) is 11.5 Å². The Bertz CT molecular complexity index is 499. The lowest BCUT2D eigenvalue weighted by atomic mass is 9.96. The van der Waals surface area contributed by atoms with Gasteiger partial charge in [-0.05, 0) is 45.2 Å². The lowest BCUT2D eigenvalue weighted by Crippen LogP contribution is -2.43. The molecule has 1 atom stereocenters. The average Bonchev–Trinajstić information content (AvgIpc) is 2.47. The second-order valence-electron chi connectivity index (χ2n) is 6.19. The number of hydrogen-bond acceptors (Lipinski definition) is 4. The molecule has 21 heavy (non-hydrogen) atoms. The average molecular weight is 290 g/mol. The summed E-state index contributed by atoms with van der Waals surface area (Å²) in [5.41, 5.74) is 1.53. The van der Waals surface area contributed by atoms with Gasteiger partial charge in [-0.3, -0.25) is 4.79 Å². The van der Waals surface area contributed by atoms with Crippen LogP contribution in [0.4, 0.5) is 0 Å². The first-order valence-corrected chi connectivity index (χ1v) is 7.80. The van der Waals surface area contributed by atoms with Crippen molar-refractivity contribution < 1.29 is 4.79 Å². The maximum atomic E-state index is 12.8. The summed E-state index contributed by atoms with van der Waals surface area (Å²) in [6.45, 7) is 8.63. The van der Waals surface area contributed by atoms with Gasteiger partial charge in [0.2, 0.25) is 0 Å². The van der Waals surface area contributed by atoms with Crippen LogP contribution in [-0.4, -0.2) is 47.5 Å². The lowest BCUT2D eigenvalue weighted by Gasteiger charge is -2.33. The van der Waals surface area contributed by atoms with Crippen molar-refractivity contribution in [1.29, 1.82) is 0 Å². The van der Waals surface area contributed by atoms with Crippen LogP contribution < -0.4 is 5.32 Å². The van der Waals surface area contributed by atoms with Crippen molar-refractivity contribution in [2.75, 3.05) is 26.7 Å². The molecular weight excluding hydrogens is 264 g/mol. The predicted molar refractivity (Wildman–Crippen MR) is 83.4 cm³/mol. The molecule has 1 N–H and O–H groups in total. The van der Waals surface area contributed by atoms with Crippen LogP contribution in [0.25, 0.3) is 0 Å². The Morgan fingerprint density at radius 3 is 2.95 bits per heavy atom. The molecule has 1 amide bonds. The Labute approximate surface area is 127 Å². The molecule has 0 aromatic carbocycles. The summed E-state index contributed by atoms with van der Waals surface area (Å²) in [6.07, 6.45) is 3.95. The second kappa shape index (κ2) is 6.98. The number of aromatic nitrogens is 2. The van der Waals surface area contributed by atoms with Gasteiger partial charge in [0, 0.05) is 19.3 Å². The third-order valence-corrected chi connectivity index (χ3v) is 4.01. The SMILES string of the molecule is CNCC1CCCN(C(=O)c2cnc(C)nc2C(C)C)C1. The number of aryl methyl sites for hydroxylation is 1.